The lowest BCUT2D eigenvalue weighted by atomic mass is 10.0. The largest absolute Gasteiger partial charge is 0.364 e. The number of amidine groups is 1. The maximum Gasteiger partial charge on any atom is 0.364 e. The first-order chi connectivity index (χ1) is 23.5. The van der Waals surface area contributed by atoms with E-state index in [0.29, 0.717) is 38.3 Å². The molecule has 5 nitrogen and oxygen atoms in total. The van der Waals surface area contributed by atoms with Gasteiger partial charge in [-0.3, -0.25) is 9.63 Å². The molecule has 0 aromatic heterocycles. The van der Waals surface area contributed by atoms with Crippen LogP contribution in [0.5, 0.6) is 0 Å². The molecule has 1 aliphatic heterocycles. The zero-order valence-electron chi connectivity index (χ0n) is 32.8. The molecule has 0 spiro atoms. The first-order valence-electron chi connectivity index (χ1n) is 21.7. The third-order valence-corrected chi connectivity index (χ3v) is 10.6. The van der Waals surface area contributed by atoms with Gasteiger partial charge < -0.3 is 0 Å². The van der Waals surface area contributed by atoms with Crippen molar-refractivity contribution in [1.82, 2.24) is 0 Å². The number of aliphatic imine (C=N–C) groups is 1. The molecule has 0 aliphatic carbocycles. The molecule has 0 saturated heterocycles. The molecular weight excluding hydrogens is 592 g/mol. The highest BCUT2D eigenvalue weighted by Crippen LogP contribution is 2.23. The summed E-state index contributed by atoms with van der Waals surface area (Å²) in [6, 6.07) is 0. The Morgan fingerprint density at radius 2 is 0.875 bits per heavy atom. The molecule has 0 aromatic carbocycles. The Bertz CT molecular complexity index is 782. The molecule has 0 fully saturated rings. The number of carbonyl (C=O) groups excluding carboxylic acids is 2. The SMILES string of the molecule is CCCCCCCCCCCCCCCCCCC1=NCC[N+]1(CCC(=O)CCCCCCCCCCCCCCCCC)OC(C)=O. The van der Waals surface area contributed by atoms with Gasteiger partial charge in [0.2, 0.25) is 5.84 Å². The molecule has 0 saturated carbocycles. The second-order valence-corrected chi connectivity index (χ2v) is 15.3. The molecule has 0 aromatic rings. The third-order valence-electron chi connectivity index (χ3n) is 10.6. The molecule has 1 heterocycles. The number of unbranched alkanes of at least 4 members (excludes halogenated alkanes) is 29. The molecule has 1 atom stereocenters. The van der Waals surface area contributed by atoms with Crippen molar-refractivity contribution in [3.05, 3.63) is 0 Å². The fourth-order valence-corrected chi connectivity index (χ4v) is 7.47. The van der Waals surface area contributed by atoms with Gasteiger partial charge in [-0.15, -0.1) is 0 Å². The van der Waals surface area contributed by atoms with Gasteiger partial charge in [0.1, 0.15) is 18.9 Å². The molecule has 1 unspecified atom stereocenters. The first-order valence-corrected chi connectivity index (χ1v) is 21.7. The van der Waals surface area contributed by atoms with E-state index in [2.05, 4.69) is 13.8 Å². The topological polar surface area (TPSA) is 55.7 Å². The highest BCUT2D eigenvalue weighted by Gasteiger charge is 2.42. The fraction of sp³-hybridized carbons (Fsp3) is 0.930. The van der Waals surface area contributed by atoms with E-state index in [-0.39, 0.29) is 10.6 Å². The predicted molar refractivity (Wildman–Crippen MR) is 207 cm³/mol. The smallest absolute Gasteiger partial charge is 0.299 e. The van der Waals surface area contributed by atoms with Crippen LogP contribution in [-0.4, -0.2) is 41.9 Å². The van der Waals surface area contributed by atoms with Gasteiger partial charge in [-0.25, -0.2) is 9.79 Å². The second kappa shape index (κ2) is 32.9. The number of ketones is 1. The predicted octanol–water partition coefficient (Wildman–Crippen LogP) is 13.6. The fourth-order valence-electron chi connectivity index (χ4n) is 7.47. The van der Waals surface area contributed by atoms with Gasteiger partial charge in [0.05, 0.1) is 13.0 Å². The van der Waals surface area contributed by atoms with E-state index >= 15 is 0 Å². The Hall–Kier alpha value is -1.23. The van der Waals surface area contributed by atoms with E-state index in [1.165, 1.54) is 187 Å². The van der Waals surface area contributed by atoms with Crippen LogP contribution >= 0.6 is 0 Å². The van der Waals surface area contributed by atoms with Gasteiger partial charge in [0.15, 0.2) is 0 Å². The van der Waals surface area contributed by atoms with E-state index in [1.54, 1.807) is 0 Å². The van der Waals surface area contributed by atoms with Gasteiger partial charge in [-0.1, -0.05) is 205 Å². The van der Waals surface area contributed by atoms with Crippen LogP contribution in [0.25, 0.3) is 0 Å². The van der Waals surface area contributed by atoms with Crippen molar-refractivity contribution in [1.29, 1.82) is 0 Å². The zero-order valence-corrected chi connectivity index (χ0v) is 32.8. The zero-order chi connectivity index (χ0) is 34.8. The normalized spacial score (nSPS) is 16.0. The number of hydroxylamine groups is 3. The van der Waals surface area contributed by atoms with Crippen LogP contribution in [0.15, 0.2) is 4.99 Å². The van der Waals surface area contributed by atoms with Crippen LogP contribution in [-0.2, 0) is 14.4 Å². The van der Waals surface area contributed by atoms with Crippen molar-refractivity contribution in [2.24, 2.45) is 4.99 Å². The van der Waals surface area contributed by atoms with Crippen LogP contribution in [0.2, 0.25) is 0 Å². The lowest BCUT2D eigenvalue weighted by molar-refractivity contribution is -1.01. The summed E-state index contributed by atoms with van der Waals surface area (Å²) in [5, 5.41) is 0. The van der Waals surface area contributed by atoms with Crippen molar-refractivity contribution in [3.8, 4) is 0 Å². The highest BCUT2D eigenvalue weighted by atomic mass is 16.7. The number of hydrogen-bond acceptors (Lipinski definition) is 4. The second-order valence-electron chi connectivity index (χ2n) is 15.3. The molecular formula is C43H83N2O3+. The van der Waals surface area contributed by atoms with Crippen molar-refractivity contribution in [2.75, 3.05) is 19.6 Å². The summed E-state index contributed by atoms with van der Waals surface area (Å²) in [6.45, 7) is 7.98. The van der Waals surface area contributed by atoms with Gasteiger partial charge in [-0.05, 0) is 12.8 Å². The van der Waals surface area contributed by atoms with Gasteiger partial charge in [0.25, 0.3) is 0 Å². The Morgan fingerprint density at radius 3 is 1.25 bits per heavy atom. The molecule has 1 aliphatic rings. The number of Topliss-reactive ketones (excluding diaryl/α,β-unsaturated/α-hetero) is 1. The Balaban J connectivity index is 2.08. The Morgan fingerprint density at radius 1 is 0.521 bits per heavy atom. The minimum absolute atomic E-state index is 0.165. The van der Waals surface area contributed by atoms with E-state index in [1.807, 2.05) is 0 Å². The van der Waals surface area contributed by atoms with Crippen LogP contribution in [0.4, 0.5) is 0 Å². The van der Waals surface area contributed by atoms with Gasteiger partial charge in [0, 0.05) is 19.8 Å². The van der Waals surface area contributed by atoms with Crippen molar-refractivity contribution in [2.45, 2.75) is 239 Å². The molecule has 0 amide bonds. The quantitative estimate of drug-likeness (QED) is 0.0486. The molecule has 0 bridgehead atoms. The van der Waals surface area contributed by atoms with Gasteiger partial charge >= 0.3 is 5.97 Å². The molecule has 0 radical (unpaired) electrons. The number of carbonyl (C=O) groups is 2. The number of rotatable bonds is 37. The van der Waals surface area contributed by atoms with Crippen molar-refractivity contribution < 1.29 is 19.1 Å². The average molecular weight is 676 g/mol. The molecule has 1 rings (SSSR count). The minimum Gasteiger partial charge on any atom is -0.299 e. The van der Waals surface area contributed by atoms with Gasteiger partial charge in [-0.2, -0.15) is 0 Å². The summed E-state index contributed by atoms with van der Waals surface area (Å²) in [5.74, 6) is 1.02. The van der Waals surface area contributed by atoms with E-state index in [9.17, 15) is 9.59 Å². The Kier molecular flexibility index (Phi) is 30.7. The summed E-state index contributed by atoms with van der Waals surface area (Å²) in [5.41, 5.74) is 0. The molecule has 48 heavy (non-hydrogen) atoms. The van der Waals surface area contributed by atoms with Crippen molar-refractivity contribution >= 4 is 17.6 Å². The monoisotopic (exact) mass is 676 g/mol. The van der Waals surface area contributed by atoms with E-state index < -0.39 is 0 Å². The molecule has 282 valence electrons. The van der Waals surface area contributed by atoms with Crippen LogP contribution < -0.4 is 0 Å². The summed E-state index contributed by atoms with van der Waals surface area (Å²) >= 11 is 0. The summed E-state index contributed by atoms with van der Waals surface area (Å²) in [7, 11) is 0. The van der Waals surface area contributed by atoms with Crippen LogP contribution in [0, 0.1) is 0 Å². The van der Waals surface area contributed by atoms with E-state index in [0.717, 1.165) is 31.5 Å². The maximum absolute atomic E-state index is 12.8. The van der Waals surface area contributed by atoms with Crippen LogP contribution in [0.1, 0.15) is 239 Å². The summed E-state index contributed by atoms with van der Waals surface area (Å²) < 4.78 is 0.165. The maximum atomic E-state index is 12.8. The lowest BCUT2D eigenvalue weighted by Gasteiger charge is -2.30. The third kappa shape index (κ3) is 25.7. The number of nitrogens with zero attached hydrogens (tertiary/aromatic N) is 2. The standard InChI is InChI=1S/C43H83N2O3/c1-4-6-8-10-12-14-16-18-20-22-24-26-28-30-32-34-36-43-44-38-40-45(43,48-41(3)46)39-37-42(47)35-33-31-29-27-25-23-21-19-17-15-13-11-9-7-5-2/h4-40H2,1-3H3/q+1. The number of hydrogen-bond donors (Lipinski definition) is 0. The average Bonchev–Trinajstić information content (AvgIpc) is 3.46. The van der Waals surface area contributed by atoms with Crippen molar-refractivity contribution in [3.63, 3.8) is 0 Å². The summed E-state index contributed by atoms with van der Waals surface area (Å²) in [6.07, 6.45) is 43.8. The molecule has 0 N–H and O–H groups in total. The first kappa shape index (κ1) is 44.8. The van der Waals surface area contributed by atoms with E-state index in [4.69, 9.17) is 9.83 Å². The Labute approximate surface area is 299 Å². The van der Waals surface area contributed by atoms with Crippen LogP contribution in [0.3, 0.4) is 0 Å². The summed E-state index contributed by atoms with van der Waals surface area (Å²) in [4.78, 5) is 35.5. The number of quaternary nitrogens is 1. The highest BCUT2D eigenvalue weighted by molar-refractivity contribution is 5.80. The molecule has 5 heteroatoms. The lowest BCUT2D eigenvalue weighted by Crippen LogP contribution is -2.52. The minimum atomic E-state index is -0.272.